The summed E-state index contributed by atoms with van der Waals surface area (Å²) in [4.78, 5) is 10.7. The molecule has 2 heteroatoms. The van der Waals surface area contributed by atoms with E-state index in [9.17, 15) is 4.79 Å². The van der Waals surface area contributed by atoms with Crippen LogP contribution in [0.25, 0.3) is 0 Å². The largest absolute Gasteiger partial charge is 0.487 e. The third-order valence-corrected chi connectivity index (χ3v) is 1.61. The monoisotopic (exact) mass is 125 g/mol. The van der Waals surface area contributed by atoms with E-state index >= 15 is 0 Å². The fraction of sp³-hybridized carbons (Fsp3) is 0.429. The molecule has 0 aliphatic carbocycles. The Balaban J connectivity index is 3.09. The fourth-order valence-corrected chi connectivity index (χ4v) is 0.933. The van der Waals surface area contributed by atoms with E-state index in [-0.39, 0.29) is 11.2 Å². The first-order valence-corrected chi connectivity index (χ1v) is 2.99. The third-order valence-electron chi connectivity index (χ3n) is 1.61. The minimum Gasteiger partial charge on any atom is -0.487 e. The predicted octanol–water partition coefficient (Wildman–Crippen LogP) is 0.780. The van der Waals surface area contributed by atoms with Crippen LogP contribution in [0.2, 0.25) is 0 Å². The van der Waals surface area contributed by atoms with Crippen LogP contribution in [0.5, 0.6) is 5.75 Å². The van der Waals surface area contributed by atoms with Gasteiger partial charge in [-0.15, -0.1) is 0 Å². The molecule has 0 bridgehead atoms. The summed E-state index contributed by atoms with van der Waals surface area (Å²) in [6.07, 6.45) is 0.641. The number of hydrogen-bond acceptors (Lipinski definition) is 2. The lowest BCUT2D eigenvalue weighted by atomic mass is 10.0. The summed E-state index contributed by atoms with van der Waals surface area (Å²) in [5, 5.41) is 8.97. The summed E-state index contributed by atoms with van der Waals surface area (Å²) in [5.74, 6) is 0.211. The highest BCUT2D eigenvalue weighted by Gasteiger charge is 2.24. The van der Waals surface area contributed by atoms with Crippen LogP contribution in [-0.4, -0.2) is 5.11 Å². The smallest absolute Gasteiger partial charge is 0.298 e. The van der Waals surface area contributed by atoms with Crippen LogP contribution < -0.4 is 5.43 Å². The first kappa shape index (κ1) is 6.20. The molecule has 0 radical (unpaired) electrons. The van der Waals surface area contributed by atoms with Crippen LogP contribution in [0.3, 0.4) is 0 Å². The highest BCUT2D eigenvalue weighted by atomic mass is 16.3. The Morgan fingerprint density at radius 2 is 2.22 bits per heavy atom. The number of aromatic hydroxyl groups is 1. The van der Waals surface area contributed by atoms with E-state index in [0.717, 1.165) is 0 Å². The van der Waals surface area contributed by atoms with Crippen LogP contribution >= 0.6 is 0 Å². The molecule has 0 saturated heterocycles. The first-order chi connectivity index (χ1) is 4.18. The zero-order chi connectivity index (χ0) is 7.02. The maximum atomic E-state index is 10.7. The van der Waals surface area contributed by atoms with E-state index in [4.69, 9.17) is 5.11 Å². The Labute approximate surface area is 53.5 Å². The van der Waals surface area contributed by atoms with Crippen LogP contribution in [0.15, 0.2) is 4.79 Å². The van der Waals surface area contributed by atoms with Gasteiger partial charge in [-0.3, -0.25) is 4.79 Å². The molecular weight excluding hydrogens is 116 g/mol. The number of rotatable bonds is 1. The second kappa shape index (κ2) is 1.79. The molecule has 0 aliphatic heterocycles. The molecule has 1 N–H and O–H groups in total. The topological polar surface area (TPSA) is 37.3 Å². The molecule has 0 unspecified atom stereocenters. The van der Waals surface area contributed by atoms with Crippen molar-refractivity contribution in [3.05, 3.63) is 21.4 Å². The van der Waals surface area contributed by atoms with E-state index in [1.54, 1.807) is 6.92 Å². The van der Waals surface area contributed by atoms with Gasteiger partial charge in [-0.1, -0.05) is 0 Å². The zero-order valence-corrected chi connectivity index (χ0v) is 5.56. The van der Waals surface area contributed by atoms with Crippen molar-refractivity contribution in [2.45, 2.75) is 20.3 Å². The van der Waals surface area contributed by atoms with Crippen LogP contribution in [-0.2, 0) is 6.42 Å². The number of hydrogen-bond donors (Lipinski definition) is 1. The van der Waals surface area contributed by atoms with E-state index in [2.05, 4.69) is 0 Å². The molecule has 0 fully saturated rings. The van der Waals surface area contributed by atoms with Gasteiger partial charge in [0.25, 0.3) is 5.43 Å². The Bertz CT molecular complexity index is 247. The van der Waals surface area contributed by atoms with Gasteiger partial charge in [-0.05, 0) is 6.92 Å². The van der Waals surface area contributed by atoms with Crippen molar-refractivity contribution in [1.29, 1.82) is 0 Å². The Morgan fingerprint density at radius 1 is 1.67 bits per heavy atom. The second-order valence-corrected chi connectivity index (χ2v) is 2.13. The Morgan fingerprint density at radius 3 is 2.44 bits per heavy atom. The standard InChI is InChI=1S/C7H8O2/c1-3-5-6(8)4(2)7(5)9/h3H2,1-2H3/p+1. The van der Waals surface area contributed by atoms with E-state index in [0.29, 0.717) is 17.5 Å². The average Bonchev–Trinajstić information content (AvgIpc) is 1.89. The Kier molecular flexibility index (Phi) is 1.24. The van der Waals surface area contributed by atoms with Gasteiger partial charge in [0.05, 0.1) is 0 Å². The first-order valence-electron chi connectivity index (χ1n) is 2.99. The normalized spacial score (nSPS) is 10.4. The molecular formula is C7H9O2+. The van der Waals surface area contributed by atoms with E-state index in [1.165, 1.54) is 0 Å². The summed E-state index contributed by atoms with van der Waals surface area (Å²) in [5.41, 5.74) is 1.11. The van der Waals surface area contributed by atoms with Crippen LogP contribution in [0.4, 0.5) is 0 Å². The van der Waals surface area contributed by atoms with Gasteiger partial charge in [0, 0.05) is 13.3 Å². The lowest BCUT2D eigenvalue weighted by Gasteiger charge is -1.98. The lowest BCUT2D eigenvalue weighted by Crippen LogP contribution is -2.17. The molecule has 0 aromatic heterocycles. The maximum absolute atomic E-state index is 10.7. The van der Waals surface area contributed by atoms with Gasteiger partial charge in [0.1, 0.15) is 11.1 Å². The quantitative estimate of drug-likeness (QED) is 0.563. The summed E-state index contributed by atoms with van der Waals surface area (Å²) < 4.78 is 0. The molecule has 0 heterocycles. The predicted molar refractivity (Wildman–Crippen MR) is 35.3 cm³/mol. The van der Waals surface area contributed by atoms with Crippen molar-refractivity contribution in [3.8, 4) is 5.75 Å². The summed E-state index contributed by atoms with van der Waals surface area (Å²) in [6.45, 7) is 3.49. The van der Waals surface area contributed by atoms with Gasteiger partial charge in [0.2, 0.25) is 5.75 Å². The second-order valence-electron chi connectivity index (χ2n) is 2.13. The van der Waals surface area contributed by atoms with Crippen molar-refractivity contribution in [2.75, 3.05) is 0 Å². The minimum atomic E-state index is 0.0231. The molecule has 1 aromatic carbocycles. The molecule has 9 heavy (non-hydrogen) atoms. The van der Waals surface area contributed by atoms with Crippen molar-refractivity contribution < 1.29 is 5.11 Å². The SMILES string of the molecule is CCc1c(O)[c+](C)c1=O. The highest BCUT2D eigenvalue weighted by Crippen LogP contribution is 2.20. The summed E-state index contributed by atoms with van der Waals surface area (Å²) >= 11 is 0. The van der Waals surface area contributed by atoms with Crippen molar-refractivity contribution in [3.63, 3.8) is 0 Å². The zero-order valence-electron chi connectivity index (χ0n) is 5.56. The van der Waals surface area contributed by atoms with E-state index in [1.807, 2.05) is 6.92 Å². The molecule has 1 aromatic rings. The molecule has 0 saturated carbocycles. The Hall–Kier alpha value is -0.920. The lowest BCUT2D eigenvalue weighted by molar-refractivity contribution is 0.455. The van der Waals surface area contributed by atoms with Crippen LogP contribution in [0, 0.1) is 6.92 Å². The van der Waals surface area contributed by atoms with Gasteiger partial charge in [0.15, 0.2) is 0 Å². The van der Waals surface area contributed by atoms with Gasteiger partial charge < -0.3 is 5.11 Å². The molecule has 2 nitrogen and oxygen atoms in total. The summed E-state index contributed by atoms with van der Waals surface area (Å²) in [7, 11) is 0. The summed E-state index contributed by atoms with van der Waals surface area (Å²) in [6, 6.07) is 0. The molecule has 0 spiro atoms. The van der Waals surface area contributed by atoms with Crippen molar-refractivity contribution >= 4 is 0 Å². The minimum absolute atomic E-state index is 0.0231. The van der Waals surface area contributed by atoms with Crippen LogP contribution in [0.1, 0.15) is 18.1 Å². The van der Waals surface area contributed by atoms with Crippen molar-refractivity contribution in [2.24, 2.45) is 0 Å². The molecule has 0 amide bonds. The van der Waals surface area contributed by atoms with Crippen molar-refractivity contribution in [1.82, 2.24) is 0 Å². The molecule has 0 aliphatic rings. The maximum Gasteiger partial charge on any atom is 0.298 e. The van der Waals surface area contributed by atoms with E-state index < -0.39 is 0 Å². The average molecular weight is 125 g/mol. The van der Waals surface area contributed by atoms with Gasteiger partial charge in [-0.25, -0.2) is 0 Å². The molecule has 1 rings (SSSR count). The molecule has 0 atom stereocenters. The third kappa shape index (κ3) is 0.626. The van der Waals surface area contributed by atoms with Gasteiger partial charge >= 0.3 is 0 Å². The molecule has 48 valence electrons. The highest BCUT2D eigenvalue weighted by molar-refractivity contribution is 5.46. The fourth-order valence-electron chi connectivity index (χ4n) is 0.933. The van der Waals surface area contributed by atoms with Gasteiger partial charge in [-0.2, -0.15) is 0 Å².